The highest BCUT2D eigenvalue weighted by molar-refractivity contribution is 7.22. The van der Waals surface area contributed by atoms with E-state index in [1.54, 1.807) is 0 Å². The number of hydrogen-bond donors (Lipinski definition) is 0. The Kier molecular flexibility index (Phi) is 4.55. The van der Waals surface area contributed by atoms with Crippen molar-refractivity contribution in [1.82, 2.24) is 0 Å². The van der Waals surface area contributed by atoms with Gasteiger partial charge in [0.2, 0.25) is 0 Å². The fraction of sp³-hybridized carbons (Fsp3) is 0. The fourth-order valence-electron chi connectivity index (χ4n) is 6.43. The summed E-state index contributed by atoms with van der Waals surface area (Å²) in [5, 5.41) is 11.3. The van der Waals surface area contributed by atoms with Gasteiger partial charge in [-0.3, -0.25) is 0 Å². The first-order valence-corrected chi connectivity index (χ1v) is 14.4. The Morgan fingerprint density at radius 2 is 1.02 bits per heavy atom. The minimum Gasteiger partial charge on any atom is -0.456 e. The average Bonchev–Trinajstić information content (AvgIpc) is 3.58. The zero-order valence-corrected chi connectivity index (χ0v) is 22.3. The van der Waals surface area contributed by atoms with E-state index in [1.165, 1.54) is 74.7 Å². The van der Waals surface area contributed by atoms with E-state index in [0.29, 0.717) is 0 Å². The van der Waals surface area contributed by atoms with Gasteiger partial charge in [0.1, 0.15) is 11.2 Å². The molecule has 0 bridgehead atoms. The molecule has 9 aromatic rings. The molecular weight excluding hydrogens is 504 g/mol. The first-order valence-electron chi connectivity index (χ1n) is 13.6. The van der Waals surface area contributed by atoms with Crippen molar-refractivity contribution in [1.29, 1.82) is 0 Å². The second-order valence-corrected chi connectivity index (χ2v) is 11.6. The molecule has 0 N–H and O–H groups in total. The molecule has 0 spiro atoms. The third-order valence-corrected chi connectivity index (χ3v) is 9.35. The summed E-state index contributed by atoms with van der Waals surface area (Å²) < 4.78 is 7.46. The number of fused-ring (bicyclic) bond motifs is 7. The van der Waals surface area contributed by atoms with Crippen molar-refractivity contribution in [3.63, 3.8) is 0 Å². The lowest BCUT2D eigenvalue weighted by molar-refractivity contribution is 0.669. The summed E-state index contributed by atoms with van der Waals surface area (Å²) in [5.41, 5.74) is 5.74. The molecule has 0 amide bonds. The quantitative estimate of drug-likeness (QED) is 0.204. The summed E-state index contributed by atoms with van der Waals surface area (Å²) in [6.07, 6.45) is 0. The number of para-hydroxylation sites is 1. The van der Waals surface area contributed by atoms with Crippen LogP contribution in [0.15, 0.2) is 138 Å². The maximum atomic E-state index is 6.22. The standard InChI is InChI=1S/C38H22OS/c1-2-10-24-19-25(18-17-23(24)9-1)37-28-12-3-5-14-30(28)38(31-15-6-4-13-29(31)37)36-21-26-20-32-27-11-7-8-16-33(27)39-34(32)22-35(26)40-36/h1-22H. The molecule has 0 aliphatic heterocycles. The van der Waals surface area contributed by atoms with Crippen LogP contribution in [-0.2, 0) is 0 Å². The molecule has 0 radical (unpaired) electrons. The average molecular weight is 527 g/mol. The van der Waals surface area contributed by atoms with E-state index >= 15 is 0 Å². The van der Waals surface area contributed by atoms with Crippen molar-refractivity contribution in [3.05, 3.63) is 133 Å². The largest absolute Gasteiger partial charge is 0.456 e. The predicted octanol–water partition coefficient (Wildman–Crippen LogP) is 11.6. The Hall–Kier alpha value is -4.92. The molecule has 0 saturated heterocycles. The van der Waals surface area contributed by atoms with E-state index in [4.69, 9.17) is 4.42 Å². The molecule has 0 aliphatic carbocycles. The maximum absolute atomic E-state index is 6.22. The number of thiophene rings is 1. The molecule has 0 unspecified atom stereocenters. The SMILES string of the molecule is c1ccc2cc(-c3c4ccccc4c(-c4cc5cc6c(cc5s4)oc4ccccc46)c4ccccc34)ccc2c1. The Morgan fingerprint density at radius 1 is 0.400 bits per heavy atom. The maximum Gasteiger partial charge on any atom is 0.136 e. The molecule has 1 nitrogen and oxygen atoms in total. The van der Waals surface area contributed by atoms with E-state index in [-0.39, 0.29) is 0 Å². The zero-order chi connectivity index (χ0) is 26.2. The monoisotopic (exact) mass is 526 g/mol. The van der Waals surface area contributed by atoms with Gasteiger partial charge >= 0.3 is 0 Å². The molecule has 9 rings (SSSR count). The van der Waals surface area contributed by atoms with Crippen LogP contribution in [0.4, 0.5) is 0 Å². The lowest BCUT2D eigenvalue weighted by atomic mass is 9.87. The van der Waals surface area contributed by atoms with E-state index in [2.05, 4.69) is 121 Å². The van der Waals surface area contributed by atoms with Crippen LogP contribution >= 0.6 is 11.3 Å². The second kappa shape index (κ2) is 8.29. The van der Waals surface area contributed by atoms with Crippen LogP contribution in [0.5, 0.6) is 0 Å². The Balaban J connectivity index is 1.35. The summed E-state index contributed by atoms with van der Waals surface area (Å²) in [6, 6.07) is 48.4. The molecule has 0 fully saturated rings. The third kappa shape index (κ3) is 3.14. The molecule has 2 aromatic heterocycles. The Morgan fingerprint density at radius 3 is 1.77 bits per heavy atom. The molecule has 0 aliphatic rings. The highest BCUT2D eigenvalue weighted by Gasteiger charge is 2.19. The number of furan rings is 1. The van der Waals surface area contributed by atoms with E-state index < -0.39 is 0 Å². The van der Waals surface area contributed by atoms with Gasteiger partial charge in [0, 0.05) is 25.9 Å². The lowest BCUT2D eigenvalue weighted by Gasteiger charge is -2.17. The lowest BCUT2D eigenvalue weighted by Crippen LogP contribution is -1.89. The molecule has 0 saturated carbocycles. The molecular formula is C38H22OS. The van der Waals surface area contributed by atoms with Gasteiger partial charge in [-0.1, -0.05) is 103 Å². The van der Waals surface area contributed by atoms with Crippen molar-refractivity contribution >= 4 is 75.7 Å². The highest BCUT2D eigenvalue weighted by atomic mass is 32.1. The van der Waals surface area contributed by atoms with Crippen molar-refractivity contribution in [3.8, 4) is 21.6 Å². The van der Waals surface area contributed by atoms with Crippen LogP contribution in [0.1, 0.15) is 0 Å². The van der Waals surface area contributed by atoms with Gasteiger partial charge in [0.15, 0.2) is 0 Å². The van der Waals surface area contributed by atoms with Crippen LogP contribution in [0.2, 0.25) is 0 Å². The molecule has 40 heavy (non-hydrogen) atoms. The van der Waals surface area contributed by atoms with Gasteiger partial charge in [0.05, 0.1) is 0 Å². The van der Waals surface area contributed by atoms with Gasteiger partial charge < -0.3 is 4.42 Å². The predicted molar refractivity (Wildman–Crippen MR) is 172 cm³/mol. The van der Waals surface area contributed by atoms with Crippen LogP contribution < -0.4 is 0 Å². The van der Waals surface area contributed by atoms with Gasteiger partial charge in [-0.25, -0.2) is 0 Å². The summed E-state index contributed by atoms with van der Waals surface area (Å²) >= 11 is 1.85. The molecule has 2 heterocycles. The van der Waals surface area contributed by atoms with Gasteiger partial charge in [-0.2, -0.15) is 0 Å². The third-order valence-electron chi connectivity index (χ3n) is 8.23. The molecule has 2 heteroatoms. The van der Waals surface area contributed by atoms with Crippen LogP contribution in [0, 0.1) is 0 Å². The smallest absolute Gasteiger partial charge is 0.136 e. The first kappa shape index (κ1) is 22.0. The topological polar surface area (TPSA) is 13.1 Å². The second-order valence-electron chi connectivity index (χ2n) is 10.5. The number of hydrogen-bond acceptors (Lipinski definition) is 2. The summed E-state index contributed by atoms with van der Waals surface area (Å²) in [6.45, 7) is 0. The normalized spacial score (nSPS) is 12.0. The summed E-state index contributed by atoms with van der Waals surface area (Å²) in [5.74, 6) is 0. The minimum atomic E-state index is 0.941. The summed E-state index contributed by atoms with van der Waals surface area (Å²) in [4.78, 5) is 1.28. The van der Waals surface area contributed by atoms with Gasteiger partial charge in [-0.15, -0.1) is 11.3 Å². The highest BCUT2D eigenvalue weighted by Crippen LogP contribution is 2.47. The fourth-order valence-corrected chi connectivity index (χ4v) is 7.58. The van der Waals surface area contributed by atoms with E-state index in [1.807, 2.05) is 23.5 Å². The zero-order valence-electron chi connectivity index (χ0n) is 21.5. The van der Waals surface area contributed by atoms with Gasteiger partial charge in [0.25, 0.3) is 0 Å². The number of benzene rings is 7. The van der Waals surface area contributed by atoms with Crippen LogP contribution in [0.3, 0.4) is 0 Å². The van der Waals surface area contributed by atoms with Crippen LogP contribution in [0.25, 0.3) is 85.9 Å². The summed E-state index contributed by atoms with van der Waals surface area (Å²) in [7, 11) is 0. The molecule has 186 valence electrons. The van der Waals surface area contributed by atoms with Crippen molar-refractivity contribution in [2.45, 2.75) is 0 Å². The Bertz CT molecular complexity index is 2380. The molecule has 7 aromatic carbocycles. The number of rotatable bonds is 2. The van der Waals surface area contributed by atoms with Crippen molar-refractivity contribution in [2.24, 2.45) is 0 Å². The van der Waals surface area contributed by atoms with E-state index in [9.17, 15) is 0 Å². The van der Waals surface area contributed by atoms with E-state index in [0.717, 1.165) is 11.2 Å². The van der Waals surface area contributed by atoms with Crippen molar-refractivity contribution < 1.29 is 4.42 Å². The van der Waals surface area contributed by atoms with Crippen molar-refractivity contribution in [2.75, 3.05) is 0 Å². The van der Waals surface area contributed by atoms with Gasteiger partial charge in [-0.05, 0) is 79.2 Å². The first-order chi connectivity index (χ1) is 19.8. The minimum absolute atomic E-state index is 0.941. The van der Waals surface area contributed by atoms with Crippen LogP contribution in [-0.4, -0.2) is 0 Å². The molecule has 0 atom stereocenters. The Labute approximate surface area is 234 Å².